The van der Waals surface area contributed by atoms with Crippen molar-refractivity contribution in [1.29, 1.82) is 0 Å². The largest absolute Gasteiger partial charge is 0.491 e. The number of halogens is 3. The summed E-state index contributed by atoms with van der Waals surface area (Å²) in [6, 6.07) is 15.9. The van der Waals surface area contributed by atoms with Crippen molar-refractivity contribution in [2.75, 3.05) is 6.61 Å². The van der Waals surface area contributed by atoms with E-state index in [9.17, 15) is 8.78 Å². The van der Waals surface area contributed by atoms with Gasteiger partial charge in [-0.2, -0.15) is 0 Å². The average Bonchev–Trinajstić information content (AvgIpc) is 2.86. The smallest absolute Gasteiger partial charge is 0.166 e. The van der Waals surface area contributed by atoms with Gasteiger partial charge in [-0.25, -0.2) is 13.2 Å². The molecule has 1 fully saturated rings. The number of hydrogen-bond donors (Lipinski definition) is 0. The maximum Gasteiger partial charge on any atom is 0.166 e. The Morgan fingerprint density at radius 1 is 0.794 bits per heavy atom. The number of hydrogen-bond acceptors (Lipinski definition) is 2. The van der Waals surface area contributed by atoms with Crippen molar-refractivity contribution in [3.8, 4) is 16.9 Å². The molecule has 3 aromatic rings. The van der Waals surface area contributed by atoms with Crippen molar-refractivity contribution in [2.45, 2.75) is 64.6 Å². The van der Waals surface area contributed by atoms with Gasteiger partial charge < -0.3 is 9.47 Å². The summed E-state index contributed by atoms with van der Waals surface area (Å²) in [5.74, 6) is -1.71. The Kier molecular flexibility index (Phi) is 7.94. The topological polar surface area (TPSA) is 18.5 Å². The van der Waals surface area contributed by atoms with Crippen molar-refractivity contribution in [2.24, 2.45) is 0 Å². The maximum atomic E-state index is 15.0. The third-order valence-corrected chi connectivity index (χ3v) is 6.68. The Morgan fingerprint density at radius 3 is 2.15 bits per heavy atom. The van der Waals surface area contributed by atoms with Crippen LogP contribution in [0.15, 0.2) is 54.6 Å². The molecule has 0 saturated heterocycles. The molecule has 0 unspecified atom stereocenters. The summed E-state index contributed by atoms with van der Waals surface area (Å²) in [6.07, 6.45) is 3.89. The summed E-state index contributed by atoms with van der Waals surface area (Å²) in [4.78, 5) is 0. The van der Waals surface area contributed by atoms with E-state index in [4.69, 9.17) is 9.47 Å². The van der Waals surface area contributed by atoms with Crippen LogP contribution in [0.4, 0.5) is 13.2 Å². The van der Waals surface area contributed by atoms with Crippen molar-refractivity contribution < 1.29 is 22.6 Å². The van der Waals surface area contributed by atoms with E-state index < -0.39 is 17.5 Å². The van der Waals surface area contributed by atoms with E-state index in [1.54, 1.807) is 24.3 Å². The molecule has 0 N–H and O–H groups in total. The molecule has 5 heteroatoms. The molecule has 0 bridgehead atoms. The molecular weight excluding hydrogens is 437 g/mol. The fourth-order valence-electron chi connectivity index (χ4n) is 4.68. The molecule has 34 heavy (non-hydrogen) atoms. The highest BCUT2D eigenvalue weighted by Gasteiger charge is 2.27. The first-order valence-corrected chi connectivity index (χ1v) is 12.1. The molecule has 0 radical (unpaired) electrons. The van der Waals surface area contributed by atoms with E-state index in [0.717, 1.165) is 43.2 Å². The zero-order valence-electron chi connectivity index (χ0n) is 19.8. The first-order valence-electron chi connectivity index (χ1n) is 12.1. The van der Waals surface area contributed by atoms with Crippen LogP contribution < -0.4 is 4.74 Å². The van der Waals surface area contributed by atoms with Gasteiger partial charge in [0.15, 0.2) is 23.2 Å². The summed E-state index contributed by atoms with van der Waals surface area (Å²) >= 11 is 0. The number of rotatable bonds is 8. The number of ether oxygens (including phenoxy) is 2. The van der Waals surface area contributed by atoms with Crippen LogP contribution in [0, 0.1) is 17.5 Å². The zero-order chi connectivity index (χ0) is 24.1. The highest BCUT2D eigenvalue weighted by atomic mass is 19.2. The van der Waals surface area contributed by atoms with Crippen LogP contribution in [-0.4, -0.2) is 12.7 Å². The third kappa shape index (κ3) is 5.47. The SMILES string of the molecule is CCOc1ccc(COC2CCC(c3ccc(-c4ccc(CC)cc4)c(F)c3F)CC2)cc1F. The van der Waals surface area contributed by atoms with E-state index in [1.807, 2.05) is 31.2 Å². The molecule has 3 aromatic carbocycles. The van der Waals surface area contributed by atoms with E-state index in [-0.39, 0.29) is 17.8 Å². The van der Waals surface area contributed by atoms with Crippen molar-refractivity contribution in [3.63, 3.8) is 0 Å². The third-order valence-electron chi connectivity index (χ3n) is 6.68. The monoisotopic (exact) mass is 468 g/mol. The Balaban J connectivity index is 1.35. The molecule has 1 saturated carbocycles. The van der Waals surface area contributed by atoms with E-state index in [0.29, 0.717) is 29.9 Å². The first-order chi connectivity index (χ1) is 16.5. The predicted molar refractivity (Wildman–Crippen MR) is 129 cm³/mol. The second-order valence-electron chi connectivity index (χ2n) is 8.86. The van der Waals surface area contributed by atoms with Gasteiger partial charge in [0, 0.05) is 5.56 Å². The standard InChI is InChI=1S/C29H31F3O2/c1-3-19-5-8-21(9-6-19)24-14-15-25(29(32)28(24)31)22-10-12-23(13-11-22)34-18-20-7-16-27(33-4-2)26(30)17-20/h5-9,14-17,22-23H,3-4,10-13,18H2,1-2H3. The normalized spacial score (nSPS) is 18.1. The van der Waals surface area contributed by atoms with E-state index in [1.165, 1.54) is 6.07 Å². The van der Waals surface area contributed by atoms with Crippen molar-refractivity contribution in [1.82, 2.24) is 0 Å². The van der Waals surface area contributed by atoms with Gasteiger partial charge in [-0.15, -0.1) is 0 Å². The molecule has 4 rings (SSSR count). The van der Waals surface area contributed by atoms with Crippen LogP contribution in [0.25, 0.3) is 11.1 Å². The van der Waals surface area contributed by atoms with Crippen molar-refractivity contribution >= 4 is 0 Å². The van der Waals surface area contributed by atoms with Crippen LogP contribution in [0.3, 0.4) is 0 Å². The lowest BCUT2D eigenvalue weighted by Gasteiger charge is -2.29. The summed E-state index contributed by atoms with van der Waals surface area (Å²) in [5.41, 5.74) is 3.33. The average molecular weight is 469 g/mol. The Morgan fingerprint density at radius 2 is 1.50 bits per heavy atom. The van der Waals surface area contributed by atoms with Gasteiger partial charge in [0.05, 0.1) is 19.3 Å². The van der Waals surface area contributed by atoms with Crippen LogP contribution in [0.2, 0.25) is 0 Å². The molecule has 180 valence electrons. The molecule has 0 aromatic heterocycles. The molecule has 1 aliphatic carbocycles. The molecule has 0 aliphatic heterocycles. The Bertz CT molecular complexity index is 1100. The Labute approximate surface area is 199 Å². The van der Waals surface area contributed by atoms with Gasteiger partial charge in [0.1, 0.15) is 0 Å². The molecule has 0 atom stereocenters. The minimum atomic E-state index is -0.780. The first kappa shape index (κ1) is 24.3. The fourth-order valence-corrected chi connectivity index (χ4v) is 4.68. The molecule has 2 nitrogen and oxygen atoms in total. The van der Waals surface area contributed by atoms with Gasteiger partial charge in [-0.3, -0.25) is 0 Å². The second kappa shape index (κ2) is 11.1. The summed E-state index contributed by atoms with van der Waals surface area (Å²) in [6.45, 7) is 4.60. The molecule has 1 aliphatic rings. The summed E-state index contributed by atoms with van der Waals surface area (Å²) < 4.78 is 55.2. The predicted octanol–water partition coefficient (Wildman–Crippen LogP) is 7.98. The molecule has 0 heterocycles. The maximum absolute atomic E-state index is 15.0. The number of benzene rings is 3. The second-order valence-corrected chi connectivity index (χ2v) is 8.86. The van der Waals surface area contributed by atoms with E-state index >= 15 is 4.39 Å². The summed E-state index contributed by atoms with van der Waals surface area (Å²) in [5, 5.41) is 0. The van der Waals surface area contributed by atoms with Crippen molar-refractivity contribution in [3.05, 3.63) is 88.7 Å². The van der Waals surface area contributed by atoms with Crippen LogP contribution in [0.1, 0.15) is 62.1 Å². The van der Waals surface area contributed by atoms with E-state index in [2.05, 4.69) is 6.92 Å². The van der Waals surface area contributed by atoms with Gasteiger partial charge in [-0.1, -0.05) is 49.4 Å². The number of aryl methyl sites for hydroxylation is 1. The van der Waals surface area contributed by atoms with Gasteiger partial charge in [-0.05, 0) is 79.3 Å². The minimum absolute atomic E-state index is 0.0233. The van der Waals surface area contributed by atoms with Gasteiger partial charge in [0.25, 0.3) is 0 Å². The lowest BCUT2D eigenvalue weighted by molar-refractivity contribution is 0.0130. The quantitative estimate of drug-likeness (QED) is 0.334. The summed E-state index contributed by atoms with van der Waals surface area (Å²) in [7, 11) is 0. The molecular formula is C29H31F3O2. The molecule has 0 amide bonds. The fraction of sp³-hybridized carbons (Fsp3) is 0.379. The lowest BCUT2D eigenvalue weighted by Crippen LogP contribution is -2.21. The highest BCUT2D eigenvalue weighted by Crippen LogP contribution is 2.38. The van der Waals surface area contributed by atoms with Crippen LogP contribution in [-0.2, 0) is 17.8 Å². The van der Waals surface area contributed by atoms with Crippen LogP contribution in [0.5, 0.6) is 5.75 Å². The highest BCUT2D eigenvalue weighted by molar-refractivity contribution is 5.65. The van der Waals surface area contributed by atoms with Crippen LogP contribution >= 0.6 is 0 Å². The Hall–Kier alpha value is -2.79. The molecule has 0 spiro atoms. The lowest BCUT2D eigenvalue weighted by atomic mass is 9.82. The van der Waals surface area contributed by atoms with Gasteiger partial charge in [0.2, 0.25) is 0 Å². The zero-order valence-corrected chi connectivity index (χ0v) is 19.8. The minimum Gasteiger partial charge on any atom is -0.491 e. The van der Waals surface area contributed by atoms with Gasteiger partial charge >= 0.3 is 0 Å².